The van der Waals surface area contributed by atoms with Crippen molar-refractivity contribution in [3.05, 3.63) is 59.7 Å². The first-order valence-electron chi connectivity index (χ1n) is 9.67. The van der Waals surface area contributed by atoms with Gasteiger partial charge in [-0.3, -0.25) is 9.79 Å². The van der Waals surface area contributed by atoms with Crippen molar-refractivity contribution in [1.82, 2.24) is 5.43 Å². The maximum atomic E-state index is 12.3. The van der Waals surface area contributed by atoms with E-state index in [1.54, 1.807) is 36.0 Å². The Balaban J connectivity index is 1.57. The van der Waals surface area contributed by atoms with Crippen molar-refractivity contribution in [2.75, 3.05) is 17.6 Å². The molecular formula is C22H26N4O2S. The zero-order valence-electron chi connectivity index (χ0n) is 16.9. The van der Waals surface area contributed by atoms with Crippen LogP contribution in [-0.4, -0.2) is 35.2 Å². The van der Waals surface area contributed by atoms with Gasteiger partial charge in [-0.15, -0.1) is 0 Å². The summed E-state index contributed by atoms with van der Waals surface area (Å²) in [5.41, 5.74) is 5.80. The minimum Gasteiger partial charge on any atom is -0.491 e. The number of nitrogens with zero attached hydrogens (tertiary/aromatic N) is 2. The van der Waals surface area contributed by atoms with Gasteiger partial charge in [-0.1, -0.05) is 23.9 Å². The average Bonchev–Trinajstić information content (AvgIpc) is 2.73. The normalized spacial score (nSPS) is 14.3. The molecule has 0 saturated heterocycles. The molecule has 0 saturated carbocycles. The summed E-state index contributed by atoms with van der Waals surface area (Å²) >= 11 is 1.74. The lowest BCUT2D eigenvalue weighted by Crippen LogP contribution is -2.19. The summed E-state index contributed by atoms with van der Waals surface area (Å²) in [6.45, 7) is 6.67. The van der Waals surface area contributed by atoms with E-state index in [9.17, 15) is 4.79 Å². The number of benzene rings is 2. The van der Waals surface area contributed by atoms with E-state index in [2.05, 4.69) is 20.8 Å². The molecule has 2 aromatic carbocycles. The number of hydrazone groups is 1. The molecule has 29 heavy (non-hydrogen) atoms. The third kappa shape index (κ3) is 6.35. The van der Waals surface area contributed by atoms with Crippen LogP contribution in [0.5, 0.6) is 5.75 Å². The van der Waals surface area contributed by atoms with E-state index in [1.165, 1.54) is 0 Å². The minimum absolute atomic E-state index is 0.0953. The maximum absolute atomic E-state index is 12.3. The summed E-state index contributed by atoms with van der Waals surface area (Å²) in [6, 6.07) is 14.9. The van der Waals surface area contributed by atoms with Gasteiger partial charge in [-0.2, -0.15) is 5.10 Å². The van der Waals surface area contributed by atoms with Gasteiger partial charge in [0.25, 0.3) is 5.91 Å². The first-order chi connectivity index (χ1) is 14.0. The van der Waals surface area contributed by atoms with Gasteiger partial charge in [0, 0.05) is 23.5 Å². The fourth-order valence-electron chi connectivity index (χ4n) is 2.67. The zero-order valence-corrected chi connectivity index (χ0v) is 17.8. The van der Waals surface area contributed by atoms with Gasteiger partial charge in [-0.05, 0) is 69.2 Å². The first kappa shape index (κ1) is 20.9. The highest BCUT2D eigenvalue weighted by atomic mass is 32.2. The zero-order chi connectivity index (χ0) is 20.6. The van der Waals surface area contributed by atoms with Crippen LogP contribution in [0.25, 0.3) is 0 Å². The van der Waals surface area contributed by atoms with Crippen molar-refractivity contribution in [3.8, 4) is 5.75 Å². The summed E-state index contributed by atoms with van der Waals surface area (Å²) < 4.78 is 5.59. The summed E-state index contributed by atoms with van der Waals surface area (Å²) in [5, 5.41) is 8.52. The number of rotatable bonds is 6. The topological polar surface area (TPSA) is 75.1 Å². The van der Waals surface area contributed by atoms with E-state index < -0.39 is 0 Å². The Hall–Kier alpha value is -2.80. The van der Waals surface area contributed by atoms with Gasteiger partial charge < -0.3 is 10.1 Å². The number of carbonyl (C=O) groups excluding carboxylic acids is 1. The second-order valence-electron chi connectivity index (χ2n) is 6.92. The highest BCUT2D eigenvalue weighted by Crippen LogP contribution is 2.17. The largest absolute Gasteiger partial charge is 0.491 e. The molecule has 0 atom stereocenters. The summed E-state index contributed by atoms with van der Waals surface area (Å²) in [6.07, 6.45) is 1.23. The van der Waals surface area contributed by atoms with Crippen molar-refractivity contribution in [1.29, 1.82) is 0 Å². The van der Waals surface area contributed by atoms with Crippen molar-refractivity contribution in [2.24, 2.45) is 10.1 Å². The van der Waals surface area contributed by atoms with Crippen molar-refractivity contribution in [3.63, 3.8) is 0 Å². The fourth-order valence-corrected chi connectivity index (χ4v) is 3.51. The molecule has 6 nitrogen and oxygen atoms in total. The maximum Gasteiger partial charge on any atom is 0.271 e. The molecule has 2 N–H and O–H groups in total. The Kier molecular flexibility index (Phi) is 7.30. The van der Waals surface area contributed by atoms with Gasteiger partial charge in [-0.25, -0.2) is 5.43 Å². The Morgan fingerprint density at radius 1 is 1.10 bits per heavy atom. The third-order valence-corrected chi connectivity index (χ3v) is 5.16. The molecule has 152 valence electrons. The minimum atomic E-state index is -0.258. The lowest BCUT2D eigenvalue weighted by molar-refractivity contribution is 0.0955. The number of amides is 1. The lowest BCUT2D eigenvalue weighted by atomic mass is 10.1. The third-order valence-electron chi connectivity index (χ3n) is 4.16. The van der Waals surface area contributed by atoms with Crippen molar-refractivity contribution >= 4 is 34.2 Å². The highest BCUT2D eigenvalue weighted by Gasteiger charge is 2.08. The Bertz CT molecular complexity index is 890. The molecule has 1 amide bonds. The van der Waals surface area contributed by atoms with Crippen molar-refractivity contribution in [2.45, 2.75) is 33.3 Å². The van der Waals surface area contributed by atoms with Gasteiger partial charge >= 0.3 is 0 Å². The number of nitrogens with one attached hydrogen (secondary N) is 2. The summed E-state index contributed by atoms with van der Waals surface area (Å²) in [7, 11) is 0. The van der Waals surface area contributed by atoms with E-state index in [0.29, 0.717) is 5.56 Å². The average molecular weight is 411 g/mol. The van der Waals surface area contributed by atoms with E-state index in [4.69, 9.17) is 4.74 Å². The molecule has 2 aromatic rings. The van der Waals surface area contributed by atoms with Crippen LogP contribution in [0.15, 0.2) is 58.6 Å². The number of ether oxygens (including phenoxy) is 1. The van der Waals surface area contributed by atoms with Crippen LogP contribution in [0.3, 0.4) is 0 Å². The monoisotopic (exact) mass is 410 g/mol. The van der Waals surface area contributed by atoms with E-state index in [0.717, 1.165) is 46.6 Å². The molecule has 0 spiro atoms. The fraction of sp³-hybridized carbons (Fsp3) is 0.318. The molecule has 1 aliphatic rings. The van der Waals surface area contributed by atoms with Crippen LogP contribution in [-0.2, 0) is 0 Å². The molecule has 0 fully saturated rings. The van der Waals surface area contributed by atoms with Crippen LogP contribution in [0.2, 0.25) is 0 Å². The van der Waals surface area contributed by atoms with Crippen LogP contribution in [0, 0.1) is 0 Å². The van der Waals surface area contributed by atoms with Crippen LogP contribution in [0.1, 0.15) is 43.1 Å². The number of aliphatic imine (C=N–C) groups is 1. The Morgan fingerprint density at radius 2 is 1.79 bits per heavy atom. The van der Waals surface area contributed by atoms with E-state index in [1.807, 2.05) is 45.0 Å². The SMILES string of the molecule is C/C(=N/NC(=O)c1ccc(OC(C)C)cc1)c1ccc(NC2=NCCCS2)cc1. The second kappa shape index (κ2) is 10.1. The Morgan fingerprint density at radius 3 is 2.41 bits per heavy atom. The first-order valence-corrected chi connectivity index (χ1v) is 10.7. The number of amidine groups is 1. The molecule has 7 heteroatoms. The molecule has 0 aromatic heterocycles. The lowest BCUT2D eigenvalue weighted by Gasteiger charge is -2.13. The van der Waals surface area contributed by atoms with Crippen molar-refractivity contribution < 1.29 is 9.53 Å². The summed E-state index contributed by atoms with van der Waals surface area (Å²) in [5.74, 6) is 1.58. The molecule has 3 rings (SSSR count). The Labute approximate surface area is 175 Å². The second-order valence-corrected chi connectivity index (χ2v) is 8.00. The highest BCUT2D eigenvalue weighted by molar-refractivity contribution is 8.14. The summed E-state index contributed by atoms with van der Waals surface area (Å²) in [4.78, 5) is 16.8. The van der Waals surface area contributed by atoms with Crippen LogP contribution in [0.4, 0.5) is 5.69 Å². The van der Waals surface area contributed by atoms with Gasteiger partial charge in [0.15, 0.2) is 5.17 Å². The predicted octanol–water partition coefficient (Wildman–Crippen LogP) is 4.53. The van der Waals surface area contributed by atoms with E-state index in [-0.39, 0.29) is 12.0 Å². The van der Waals surface area contributed by atoms with Gasteiger partial charge in [0.1, 0.15) is 5.75 Å². The van der Waals surface area contributed by atoms with E-state index >= 15 is 0 Å². The number of thioether (sulfide) groups is 1. The standard InChI is InChI=1S/C22H26N4O2S/c1-15(2)28-20-11-7-18(8-12-20)21(27)26-25-16(3)17-5-9-19(10-6-17)24-22-23-13-4-14-29-22/h5-12,15H,4,13-14H2,1-3H3,(H,23,24)(H,26,27)/b25-16-. The molecular weight excluding hydrogens is 384 g/mol. The smallest absolute Gasteiger partial charge is 0.271 e. The number of hydrogen-bond acceptors (Lipinski definition) is 6. The number of hydrogen-bond donors (Lipinski definition) is 2. The predicted molar refractivity (Wildman–Crippen MR) is 121 cm³/mol. The van der Waals surface area contributed by atoms with Crippen LogP contribution < -0.4 is 15.5 Å². The molecule has 0 radical (unpaired) electrons. The molecule has 0 aliphatic carbocycles. The molecule has 1 aliphatic heterocycles. The van der Waals surface area contributed by atoms with Gasteiger partial charge in [0.05, 0.1) is 11.8 Å². The van der Waals surface area contributed by atoms with Crippen LogP contribution >= 0.6 is 11.8 Å². The number of anilines is 1. The molecule has 0 bridgehead atoms. The molecule has 1 heterocycles. The number of carbonyl (C=O) groups is 1. The van der Waals surface area contributed by atoms with Gasteiger partial charge in [0.2, 0.25) is 0 Å². The molecule has 0 unspecified atom stereocenters. The quantitative estimate of drug-likeness (QED) is 0.542.